The molecule has 0 amide bonds. The average molecular weight is 111 g/mol. The zero-order chi connectivity index (χ0) is 5.98. The number of nitrogens with zero attached hydrogens (tertiary/aromatic N) is 1. The van der Waals surface area contributed by atoms with Gasteiger partial charge in [0.05, 0.1) is 6.04 Å². The van der Waals surface area contributed by atoms with Crippen LogP contribution in [0.1, 0.15) is 26.7 Å². The Morgan fingerprint density at radius 3 is 2.75 bits per heavy atom. The first-order chi connectivity index (χ1) is 3.84. The van der Waals surface area contributed by atoms with E-state index in [9.17, 15) is 0 Å². The van der Waals surface area contributed by atoms with Crippen LogP contribution in [0.25, 0.3) is 0 Å². The summed E-state index contributed by atoms with van der Waals surface area (Å²) in [5, 5.41) is 0. The molecular formula is C7H13N. The summed E-state index contributed by atoms with van der Waals surface area (Å²) in [5.41, 5.74) is 0. The highest BCUT2D eigenvalue weighted by Crippen LogP contribution is 2.32. The van der Waals surface area contributed by atoms with Gasteiger partial charge in [-0.1, -0.05) is 13.8 Å². The van der Waals surface area contributed by atoms with Crippen LogP contribution in [0.4, 0.5) is 0 Å². The van der Waals surface area contributed by atoms with Crippen LogP contribution >= 0.6 is 0 Å². The molecule has 0 radical (unpaired) electrons. The second kappa shape index (κ2) is 2.29. The summed E-state index contributed by atoms with van der Waals surface area (Å²) < 4.78 is 0. The molecule has 1 rings (SSSR count). The first-order valence-corrected chi connectivity index (χ1v) is 3.36. The Bertz CT molecular complexity index is 96.6. The van der Waals surface area contributed by atoms with Crippen molar-refractivity contribution in [1.29, 1.82) is 0 Å². The van der Waals surface area contributed by atoms with E-state index in [1.165, 1.54) is 6.42 Å². The molecule has 0 aromatic rings. The minimum absolute atomic E-state index is 0.690. The maximum Gasteiger partial charge on any atom is 0.0525 e. The molecule has 0 saturated heterocycles. The van der Waals surface area contributed by atoms with E-state index in [2.05, 4.69) is 18.8 Å². The van der Waals surface area contributed by atoms with E-state index in [-0.39, 0.29) is 0 Å². The third kappa shape index (κ3) is 1.32. The molecule has 1 saturated carbocycles. The van der Waals surface area contributed by atoms with Gasteiger partial charge in [-0.05, 0) is 25.0 Å². The summed E-state index contributed by atoms with van der Waals surface area (Å²) >= 11 is 0. The maximum absolute atomic E-state index is 4.31. The van der Waals surface area contributed by atoms with E-state index in [1.54, 1.807) is 0 Å². The Hall–Kier alpha value is -0.330. The van der Waals surface area contributed by atoms with Crippen LogP contribution in [-0.4, -0.2) is 12.3 Å². The van der Waals surface area contributed by atoms with E-state index >= 15 is 0 Å². The maximum atomic E-state index is 4.31. The first-order valence-electron chi connectivity index (χ1n) is 3.36. The van der Waals surface area contributed by atoms with Crippen LogP contribution < -0.4 is 0 Å². The van der Waals surface area contributed by atoms with E-state index in [0.29, 0.717) is 6.04 Å². The van der Waals surface area contributed by atoms with Crippen molar-refractivity contribution in [1.82, 2.24) is 0 Å². The van der Waals surface area contributed by atoms with E-state index in [1.807, 2.05) is 6.21 Å². The zero-order valence-corrected chi connectivity index (χ0v) is 5.59. The molecule has 1 nitrogen and oxygen atoms in total. The van der Waals surface area contributed by atoms with Crippen LogP contribution in [-0.2, 0) is 0 Å². The Morgan fingerprint density at radius 1 is 1.75 bits per heavy atom. The van der Waals surface area contributed by atoms with Gasteiger partial charge in [0.25, 0.3) is 0 Å². The van der Waals surface area contributed by atoms with Crippen molar-refractivity contribution < 1.29 is 0 Å². The highest BCUT2D eigenvalue weighted by Gasteiger charge is 2.30. The van der Waals surface area contributed by atoms with Gasteiger partial charge in [0, 0.05) is 0 Å². The molecule has 8 heavy (non-hydrogen) atoms. The van der Waals surface area contributed by atoms with Crippen LogP contribution in [0.2, 0.25) is 0 Å². The van der Waals surface area contributed by atoms with Gasteiger partial charge in [0.2, 0.25) is 0 Å². The molecule has 1 fully saturated rings. The number of hydrogen-bond acceptors (Lipinski definition) is 1. The molecule has 46 valence electrons. The summed E-state index contributed by atoms with van der Waals surface area (Å²) in [4.78, 5) is 4.31. The Morgan fingerprint density at radius 2 is 2.38 bits per heavy atom. The minimum atomic E-state index is 0.690. The molecule has 1 aliphatic rings. The van der Waals surface area contributed by atoms with Crippen LogP contribution in [0.3, 0.4) is 0 Å². The summed E-state index contributed by atoms with van der Waals surface area (Å²) in [5.74, 6) is 0.873. The number of aliphatic imine (C=N–C) groups is 1. The molecule has 0 heterocycles. The van der Waals surface area contributed by atoms with E-state index < -0.39 is 0 Å². The van der Waals surface area contributed by atoms with E-state index in [4.69, 9.17) is 0 Å². The first kappa shape index (κ1) is 5.80. The van der Waals surface area contributed by atoms with Crippen LogP contribution in [0.15, 0.2) is 4.99 Å². The molecule has 1 heteroatoms. The smallest absolute Gasteiger partial charge is 0.0525 e. The summed E-state index contributed by atoms with van der Waals surface area (Å²) in [7, 11) is 0. The van der Waals surface area contributed by atoms with Crippen LogP contribution in [0, 0.1) is 5.92 Å². The topological polar surface area (TPSA) is 12.4 Å². The van der Waals surface area contributed by atoms with E-state index in [0.717, 1.165) is 12.3 Å². The molecule has 0 spiro atoms. The highest BCUT2D eigenvalue weighted by molar-refractivity contribution is 5.57. The van der Waals surface area contributed by atoms with Crippen molar-refractivity contribution in [3.05, 3.63) is 0 Å². The summed E-state index contributed by atoms with van der Waals surface area (Å²) in [6.07, 6.45) is 4.42. The second-order valence-corrected chi connectivity index (χ2v) is 2.52. The molecule has 2 atom stereocenters. The van der Waals surface area contributed by atoms with Gasteiger partial charge in [-0.25, -0.2) is 0 Å². The van der Waals surface area contributed by atoms with Crippen molar-refractivity contribution >= 4 is 6.21 Å². The Balaban J connectivity index is 2.12. The molecule has 0 aliphatic heterocycles. The Labute approximate surface area is 50.8 Å². The normalized spacial score (nSPS) is 36.2. The molecule has 0 aromatic carbocycles. The predicted octanol–water partition coefficient (Wildman–Crippen LogP) is 1.88. The van der Waals surface area contributed by atoms with Gasteiger partial charge >= 0.3 is 0 Å². The fourth-order valence-corrected chi connectivity index (χ4v) is 0.751. The predicted molar refractivity (Wildman–Crippen MR) is 36.4 cm³/mol. The van der Waals surface area contributed by atoms with Crippen molar-refractivity contribution in [3.8, 4) is 0 Å². The van der Waals surface area contributed by atoms with Gasteiger partial charge in [0.1, 0.15) is 0 Å². The molecule has 2 unspecified atom stereocenters. The third-order valence-corrected chi connectivity index (χ3v) is 1.55. The lowest BCUT2D eigenvalue weighted by Crippen LogP contribution is -1.78. The van der Waals surface area contributed by atoms with Crippen molar-refractivity contribution in [2.24, 2.45) is 10.9 Å². The van der Waals surface area contributed by atoms with Gasteiger partial charge in [0.15, 0.2) is 0 Å². The lowest BCUT2D eigenvalue weighted by molar-refractivity contribution is 0.895. The molecule has 0 N–H and O–H groups in total. The average Bonchev–Trinajstić information content (AvgIpc) is 2.42. The third-order valence-electron chi connectivity index (χ3n) is 1.55. The largest absolute Gasteiger partial charge is 0.294 e. The summed E-state index contributed by atoms with van der Waals surface area (Å²) in [6, 6.07) is 0.690. The van der Waals surface area contributed by atoms with Crippen molar-refractivity contribution in [2.45, 2.75) is 32.7 Å². The highest BCUT2D eigenvalue weighted by atomic mass is 14.8. The summed E-state index contributed by atoms with van der Waals surface area (Å²) in [6.45, 7) is 4.37. The zero-order valence-electron chi connectivity index (χ0n) is 5.59. The Kier molecular flexibility index (Phi) is 1.66. The lowest BCUT2D eigenvalue weighted by Gasteiger charge is -1.80. The standard InChI is InChI=1S/C7H13N/c1-3-4-8-7-5-6(7)2/h4,6-7H,3,5H2,1-2H3. The molecule has 0 aromatic heterocycles. The van der Waals surface area contributed by atoms with Gasteiger partial charge in [-0.3, -0.25) is 4.99 Å². The van der Waals surface area contributed by atoms with Gasteiger partial charge < -0.3 is 0 Å². The lowest BCUT2D eigenvalue weighted by atomic mass is 10.5. The number of hydrogen-bond donors (Lipinski definition) is 0. The van der Waals surface area contributed by atoms with Crippen molar-refractivity contribution in [2.75, 3.05) is 0 Å². The molecular weight excluding hydrogens is 98.1 g/mol. The number of rotatable bonds is 2. The van der Waals surface area contributed by atoms with Gasteiger partial charge in [-0.15, -0.1) is 0 Å². The fraction of sp³-hybridized carbons (Fsp3) is 0.857. The monoisotopic (exact) mass is 111 g/mol. The quantitative estimate of drug-likeness (QED) is 0.482. The van der Waals surface area contributed by atoms with Crippen LogP contribution in [0.5, 0.6) is 0 Å². The second-order valence-electron chi connectivity index (χ2n) is 2.52. The fourth-order valence-electron chi connectivity index (χ4n) is 0.751. The SMILES string of the molecule is CCC=NC1CC1C. The molecule has 1 aliphatic carbocycles. The minimum Gasteiger partial charge on any atom is -0.294 e. The van der Waals surface area contributed by atoms with Gasteiger partial charge in [-0.2, -0.15) is 0 Å². The van der Waals surface area contributed by atoms with Crippen molar-refractivity contribution in [3.63, 3.8) is 0 Å². The molecule has 0 bridgehead atoms.